The second-order valence-corrected chi connectivity index (χ2v) is 6.29. The van der Waals surface area contributed by atoms with Crippen molar-refractivity contribution in [3.63, 3.8) is 0 Å². The molecular weight excluding hydrogens is 282 g/mol. The lowest BCUT2D eigenvalue weighted by Gasteiger charge is -2.19. The molecule has 0 bridgehead atoms. The standard InChI is InChI=1S/C12H27N3O4S/c1-5-15(6-2)10-7-9-13-20(17,18)14(3)11-8-12(16)19-4/h13H,5-11H2,1-4H3. The summed E-state index contributed by atoms with van der Waals surface area (Å²) in [4.78, 5) is 13.2. The van der Waals surface area contributed by atoms with Gasteiger partial charge in [-0.3, -0.25) is 4.79 Å². The molecule has 0 saturated carbocycles. The van der Waals surface area contributed by atoms with E-state index in [9.17, 15) is 13.2 Å². The molecule has 0 aliphatic heterocycles. The summed E-state index contributed by atoms with van der Waals surface area (Å²) in [6, 6.07) is 0. The van der Waals surface area contributed by atoms with Gasteiger partial charge in [0.25, 0.3) is 10.2 Å². The summed E-state index contributed by atoms with van der Waals surface area (Å²) in [6.45, 7) is 7.44. The first-order valence-corrected chi connectivity index (χ1v) is 8.31. The number of carbonyl (C=O) groups is 1. The molecule has 0 atom stereocenters. The Morgan fingerprint density at radius 2 is 1.80 bits per heavy atom. The van der Waals surface area contributed by atoms with Gasteiger partial charge < -0.3 is 9.64 Å². The molecule has 0 aliphatic rings. The zero-order valence-electron chi connectivity index (χ0n) is 12.9. The molecule has 20 heavy (non-hydrogen) atoms. The van der Waals surface area contributed by atoms with Gasteiger partial charge in [-0.15, -0.1) is 0 Å². The van der Waals surface area contributed by atoms with E-state index in [1.165, 1.54) is 14.2 Å². The van der Waals surface area contributed by atoms with Gasteiger partial charge in [-0.25, -0.2) is 4.72 Å². The topological polar surface area (TPSA) is 79.0 Å². The average molecular weight is 309 g/mol. The molecule has 7 nitrogen and oxygen atoms in total. The highest BCUT2D eigenvalue weighted by Crippen LogP contribution is 1.98. The molecule has 0 fully saturated rings. The van der Waals surface area contributed by atoms with Crippen LogP contribution < -0.4 is 4.72 Å². The molecule has 0 unspecified atom stereocenters. The Balaban J connectivity index is 4.02. The van der Waals surface area contributed by atoms with Gasteiger partial charge in [0.1, 0.15) is 0 Å². The van der Waals surface area contributed by atoms with Gasteiger partial charge in [-0.2, -0.15) is 12.7 Å². The van der Waals surface area contributed by atoms with Crippen LogP contribution in [-0.2, 0) is 19.7 Å². The van der Waals surface area contributed by atoms with Crippen molar-refractivity contribution in [3.8, 4) is 0 Å². The van der Waals surface area contributed by atoms with E-state index in [0.717, 1.165) is 30.4 Å². The van der Waals surface area contributed by atoms with Crippen molar-refractivity contribution in [1.82, 2.24) is 13.9 Å². The van der Waals surface area contributed by atoms with E-state index in [1.807, 2.05) is 0 Å². The maximum atomic E-state index is 11.9. The Morgan fingerprint density at radius 1 is 1.20 bits per heavy atom. The number of nitrogens with one attached hydrogen (secondary N) is 1. The Hall–Kier alpha value is -0.700. The van der Waals surface area contributed by atoms with Crippen LogP contribution >= 0.6 is 0 Å². The van der Waals surface area contributed by atoms with Gasteiger partial charge in [0, 0.05) is 20.1 Å². The first-order chi connectivity index (χ1) is 9.37. The number of ether oxygens (including phenoxy) is 1. The van der Waals surface area contributed by atoms with Crippen molar-refractivity contribution < 1.29 is 17.9 Å². The van der Waals surface area contributed by atoms with E-state index in [1.54, 1.807) is 0 Å². The fraction of sp³-hybridized carbons (Fsp3) is 0.917. The zero-order valence-corrected chi connectivity index (χ0v) is 13.7. The molecular formula is C12H27N3O4S. The van der Waals surface area contributed by atoms with E-state index in [2.05, 4.69) is 28.2 Å². The molecule has 120 valence electrons. The lowest BCUT2D eigenvalue weighted by molar-refractivity contribution is -0.140. The van der Waals surface area contributed by atoms with Gasteiger partial charge >= 0.3 is 5.97 Å². The molecule has 0 heterocycles. The lowest BCUT2D eigenvalue weighted by Crippen LogP contribution is -2.40. The van der Waals surface area contributed by atoms with Gasteiger partial charge in [-0.1, -0.05) is 13.8 Å². The van der Waals surface area contributed by atoms with E-state index >= 15 is 0 Å². The largest absolute Gasteiger partial charge is 0.469 e. The molecule has 0 saturated heterocycles. The maximum Gasteiger partial charge on any atom is 0.306 e. The summed E-state index contributed by atoms with van der Waals surface area (Å²) in [7, 11) is -0.798. The Kier molecular flexibility index (Phi) is 9.74. The first kappa shape index (κ1) is 19.3. The Bertz CT molecular complexity index is 369. The summed E-state index contributed by atoms with van der Waals surface area (Å²) < 4.78 is 31.9. The smallest absolute Gasteiger partial charge is 0.306 e. The van der Waals surface area contributed by atoms with E-state index in [4.69, 9.17) is 0 Å². The van der Waals surface area contributed by atoms with Crippen molar-refractivity contribution >= 4 is 16.2 Å². The van der Waals surface area contributed by atoms with Crippen molar-refractivity contribution in [2.45, 2.75) is 26.7 Å². The molecule has 0 rings (SSSR count). The minimum Gasteiger partial charge on any atom is -0.469 e. The number of hydrogen-bond donors (Lipinski definition) is 1. The summed E-state index contributed by atoms with van der Waals surface area (Å²) in [5.41, 5.74) is 0. The third-order valence-corrected chi connectivity index (χ3v) is 4.67. The van der Waals surface area contributed by atoms with Crippen LogP contribution in [0.2, 0.25) is 0 Å². The fourth-order valence-electron chi connectivity index (χ4n) is 1.62. The molecule has 0 aromatic carbocycles. The molecule has 0 radical (unpaired) electrons. The minimum atomic E-state index is -3.52. The molecule has 0 aliphatic carbocycles. The number of carbonyl (C=O) groups excluding carboxylic acids is 1. The molecule has 0 amide bonds. The lowest BCUT2D eigenvalue weighted by atomic mass is 10.4. The molecule has 0 aromatic rings. The average Bonchev–Trinajstić information content (AvgIpc) is 2.44. The third-order valence-electron chi connectivity index (χ3n) is 3.10. The van der Waals surface area contributed by atoms with E-state index in [0.29, 0.717) is 6.54 Å². The van der Waals surface area contributed by atoms with Crippen LogP contribution in [-0.4, -0.2) is 70.5 Å². The van der Waals surface area contributed by atoms with Crippen molar-refractivity contribution in [3.05, 3.63) is 0 Å². The summed E-state index contributed by atoms with van der Waals surface area (Å²) in [6.07, 6.45) is 0.805. The highest BCUT2D eigenvalue weighted by molar-refractivity contribution is 7.87. The van der Waals surface area contributed by atoms with Gasteiger partial charge in [0.15, 0.2) is 0 Å². The number of esters is 1. The molecule has 8 heteroatoms. The molecule has 0 spiro atoms. The van der Waals surface area contributed by atoms with Crippen LogP contribution in [0.25, 0.3) is 0 Å². The quantitative estimate of drug-likeness (QED) is 0.431. The normalized spacial score (nSPS) is 12.1. The Labute approximate surface area is 122 Å². The molecule has 0 aromatic heterocycles. The number of hydrogen-bond acceptors (Lipinski definition) is 5. The van der Waals surface area contributed by atoms with Gasteiger partial charge in [0.05, 0.1) is 13.5 Å². The molecule has 1 N–H and O–H groups in total. The summed E-state index contributed by atoms with van der Waals surface area (Å²) >= 11 is 0. The van der Waals surface area contributed by atoms with Gasteiger partial charge in [-0.05, 0) is 26.1 Å². The number of methoxy groups -OCH3 is 1. The first-order valence-electron chi connectivity index (χ1n) is 6.87. The predicted molar refractivity (Wildman–Crippen MR) is 78.6 cm³/mol. The van der Waals surface area contributed by atoms with Crippen LogP contribution in [0.15, 0.2) is 0 Å². The van der Waals surface area contributed by atoms with Gasteiger partial charge in [0.2, 0.25) is 0 Å². The second-order valence-electron chi connectivity index (χ2n) is 4.43. The fourth-order valence-corrected chi connectivity index (χ4v) is 2.58. The van der Waals surface area contributed by atoms with Crippen LogP contribution in [0, 0.1) is 0 Å². The summed E-state index contributed by atoms with van der Waals surface area (Å²) in [5.74, 6) is -0.423. The predicted octanol–water partition coefficient (Wildman–Crippen LogP) is 0.0476. The van der Waals surface area contributed by atoms with Crippen LogP contribution in [0.3, 0.4) is 0 Å². The third kappa shape index (κ3) is 7.78. The van der Waals surface area contributed by atoms with Crippen molar-refractivity contribution in [2.24, 2.45) is 0 Å². The van der Waals surface area contributed by atoms with E-state index in [-0.39, 0.29) is 13.0 Å². The highest BCUT2D eigenvalue weighted by Gasteiger charge is 2.17. The van der Waals surface area contributed by atoms with Crippen LogP contribution in [0.4, 0.5) is 0 Å². The van der Waals surface area contributed by atoms with E-state index < -0.39 is 16.2 Å². The SMILES string of the molecule is CCN(CC)CCCNS(=O)(=O)N(C)CCC(=O)OC. The monoisotopic (exact) mass is 309 g/mol. The van der Waals surface area contributed by atoms with Crippen molar-refractivity contribution in [2.75, 3.05) is 46.9 Å². The number of nitrogens with zero attached hydrogens (tertiary/aromatic N) is 2. The second kappa shape index (κ2) is 10.1. The summed E-state index contributed by atoms with van der Waals surface area (Å²) in [5, 5.41) is 0. The zero-order chi connectivity index (χ0) is 15.6. The van der Waals surface area contributed by atoms with Crippen molar-refractivity contribution in [1.29, 1.82) is 0 Å². The van der Waals surface area contributed by atoms with Crippen LogP contribution in [0.5, 0.6) is 0 Å². The number of rotatable bonds is 11. The highest BCUT2D eigenvalue weighted by atomic mass is 32.2. The Morgan fingerprint density at radius 3 is 2.30 bits per heavy atom. The minimum absolute atomic E-state index is 0.0490. The van der Waals surface area contributed by atoms with Crippen LogP contribution in [0.1, 0.15) is 26.7 Å². The maximum absolute atomic E-state index is 11.9.